The summed E-state index contributed by atoms with van der Waals surface area (Å²) in [4.78, 5) is 16.7. The number of nitrogens with one attached hydrogen (secondary N) is 2. The first-order chi connectivity index (χ1) is 29.1. The number of benzene rings is 4. The quantitative estimate of drug-likeness (QED) is 0.174. The number of halogens is 6. The number of aromatic amines is 2. The van der Waals surface area contributed by atoms with Crippen molar-refractivity contribution < 1.29 is 26.3 Å². The van der Waals surface area contributed by atoms with Crippen molar-refractivity contribution in [3.05, 3.63) is 166 Å². The molecule has 2 N–H and O–H groups in total. The molecule has 0 unspecified atom stereocenters. The Morgan fingerprint density at radius 2 is 0.639 bits per heavy atom. The first kappa shape index (κ1) is 38.3. The molecular formula is C51H36F6N4. The van der Waals surface area contributed by atoms with E-state index in [0.29, 0.717) is 44.7 Å². The van der Waals surface area contributed by atoms with Gasteiger partial charge in [-0.2, -0.15) is 26.3 Å². The van der Waals surface area contributed by atoms with E-state index in [1.54, 1.807) is 72.8 Å². The van der Waals surface area contributed by atoms with Gasteiger partial charge in [0.15, 0.2) is 0 Å². The van der Waals surface area contributed by atoms with Crippen molar-refractivity contribution in [1.29, 1.82) is 0 Å². The summed E-state index contributed by atoms with van der Waals surface area (Å²) in [6.45, 7) is 7.62. The number of hydrogen-bond donors (Lipinski definition) is 2. The Balaban J connectivity index is 1.47. The minimum Gasteiger partial charge on any atom is -0.354 e. The van der Waals surface area contributed by atoms with E-state index in [0.717, 1.165) is 33.4 Å². The molecule has 0 amide bonds. The zero-order chi connectivity index (χ0) is 42.6. The topological polar surface area (TPSA) is 57.4 Å². The Labute approximate surface area is 347 Å². The second-order valence-corrected chi connectivity index (χ2v) is 16.0. The Kier molecular flexibility index (Phi) is 8.50. The van der Waals surface area contributed by atoms with E-state index in [1.807, 2.05) is 88.4 Å². The zero-order valence-electron chi connectivity index (χ0n) is 33.4. The number of aromatic nitrogens is 4. The molecule has 8 bridgehead atoms. The van der Waals surface area contributed by atoms with Crippen molar-refractivity contribution in [3.8, 4) is 44.5 Å². The molecule has 4 aromatic carbocycles. The molecule has 0 fully saturated rings. The van der Waals surface area contributed by atoms with E-state index in [1.165, 1.54) is 0 Å². The summed E-state index contributed by atoms with van der Waals surface area (Å²) < 4.78 is 98.3. The van der Waals surface area contributed by atoms with Gasteiger partial charge in [0.05, 0.1) is 33.9 Å². The lowest BCUT2D eigenvalue weighted by Crippen LogP contribution is -2.49. The van der Waals surface area contributed by atoms with Crippen molar-refractivity contribution in [1.82, 2.24) is 19.9 Å². The van der Waals surface area contributed by atoms with Crippen LogP contribution in [0.2, 0.25) is 0 Å². The third kappa shape index (κ3) is 5.83. The predicted octanol–water partition coefficient (Wildman–Crippen LogP) is 14.2. The molecule has 10 rings (SSSR count). The molecule has 3 aromatic heterocycles. The molecule has 302 valence electrons. The van der Waals surface area contributed by atoms with Crippen LogP contribution in [0.1, 0.15) is 45.0 Å². The van der Waals surface area contributed by atoms with Crippen LogP contribution in [0.3, 0.4) is 0 Å². The SMILES string of the molecule is Cc1ccc(-c2c3nc(c(-c4ccc(C)cc4)c4ccc([nH]4)c(-c4ccc(C)cc4)c4nc(c(-c5ccc(C)cc5)c5ccc2[nH]5)C2=C4C(F)(F)C(F)(F)C2(F)F)C=C3)cc1. The number of nitrogens with zero attached hydrogens (tertiary/aromatic N) is 2. The van der Waals surface area contributed by atoms with Crippen LogP contribution in [0.25, 0.3) is 89.9 Å². The first-order valence-electron chi connectivity index (χ1n) is 19.8. The van der Waals surface area contributed by atoms with E-state index in [4.69, 9.17) is 9.97 Å². The minimum atomic E-state index is -5.78. The van der Waals surface area contributed by atoms with Gasteiger partial charge in [-0.05, 0) is 86.4 Å². The van der Waals surface area contributed by atoms with E-state index < -0.39 is 40.3 Å². The van der Waals surface area contributed by atoms with Crippen molar-refractivity contribution in [2.24, 2.45) is 0 Å². The molecule has 61 heavy (non-hydrogen) atoms. The van der Waals surface area contributed by atoms with Gasteiger partial charge in [0.1, 0.15) is 0 Å². The Morgan fingerprint density at radius 1 is 0.361 bits per heavy atom. The number of fused-ring (bicyclic) bond motifs is 10. The second-order valence-electron chi connectivity index (χ2n) is 16.0. The van der Waals surface area contributed by atoms with E-state index in [-0.39, 0.29) is 22.2 Å². The Bertz CT molecular complexity index is 2960. The molecule has 5 heterocycles. The molecule has 1 aliphatic carbocycles. The maximum absolute atomic E-state index is 16.6. The molecule has 0 saturated carbocycles. The Hall–Kier alpha value is -6.94. The van der Waals surface area contributed by atoms with Gasteiger partial charge >= 0.3 is 17.8 Å². The summed E-state index contributed by atoms with van der Waals surface area (Å²) in [7, 11) is 0. The van der Waals surface area contributed by atoms with Gasteiger partial charge in [-0.1, -0.05) is 119 Å². The number of H-pyrrole nitrogens is 2. The highest BCUT2D eigenvalue weighted by Gasteiger charge is 2.82. The number of hydrogen-bond acceptors (Lipinski definition) is 2. The van der Waals surface area contributed by atoms with Gasteiger partial charge in [0.25, 0.3) is 0 Å². The number of allylic oxidation sites excluding steroid dienone is 2. The highest BCUT2D eigenvalue weighted by molar-refractivity contribution is 6.11. The number of alkyl halides is 6. The average molecular weight is 819 g/mol. The molecular weight excluding hydrogens is 783 g/mol. The summed E-state index contributed by atoms with van der Waals surface area (Å²) in [5.74, 6) is -16.4. The van der Waals surface area contributed by atoms with E-state index in [2.05, 4.69) is 9.97 Å². The van der Waals surface area contributed by atoms with Crippen LogP contribution >= 0.6 is 0 Å². The van der Waals surface area contributed by atoms with Crippen LogP contribution < -0.4 is 0 Å². The molecule has 4 nitrogen and oxygen atoms in total. The van der Waals surface area contributed by atoms with Crippen LogP contribution in [-0.2, 0) is 0 Å². The molecule has 0 radical (unpaired) electrons. The highest BCUT2D eigenvalue weighted by Crippen LogP contribution is 2.67. The maximum atomic E-state index is 16.6. The van der Waals surface area contributed by atoms with Gasteiger partial charge in [0, 0.05) is 44.3 Å². The fourth-order valence-corrected chi connectivity index (χ4v) is 8.56. The normalized spacial score (nSPS) is 16.0. The first-order valence-corrected chi connectivity index (χ1v) is 19.8. The second kappa shape index (κ2) is 13.5. The standard InChI is InChI=1S/C51H36F6N4/c1-27-5-13-31(14-6-27)41-35-21-22-36(58-35)42(32-15-7-28(2)8-16-32)38-24-26-40(60-38)44(34-19-11-30(4)12-20-34)48-46-45(49(52,53)51(56,57)50(46,54)55)47(61-48)43(39-25-23-37(41)59-39)33-17-9-29(3)10-18-33/h5-26,59-60H,1-4H3. The Morgan fingerprint density at radius 3 is 0.951 bits per heavy atom. The lowest BCUT2D eigenvalue weighted by Gasteiger charge is -2.27. The highest BCUT2D eigenvalue weighted by atomic mass is 19.3. The van der Waals surface area contributed by atoms with Crippen LogP contribution in [0.5, 0.6) is 0 Å². The minimum absolute atomic E-state index is 0.0427. The third-order valence-electron chi connectivity index (χ3n) is 11.8. The largest absolute Gasteiger partial charge is 0.380 e. The maximum Gasteiger partial charge on any atom is 0.380 e. The van der Waals surface area contributed by atoms with Crippen molar-refractivity contribution >= 4 is 45.4 Å². The monoisotopic (exact) mass is 818 g/mol. The summed E-state index contributed by atoms with van der Waals surface area (Å²) in [5, 5.41) is 0. The summed E-state index contributed by atoms with van der Waals surface area (Å²) in [6.07, 6.45) is 3.83. The number of rotatable bonds is 4. The molecule has 2 aliphatic heterocycles. The van der Waals surface area contributed by atoms with Crippen molar-refractivity contribution in [2.75, 3.05) is 0 Å². The van der Waals surface area contributed by atoms with Crippen LogP contribution in [0.15, 0.2) is 121 Å². The smallest absolute Gasteiger partial charge is 0.354 e. The van der Waals surface area contributed by atoms with Crippen molar-refractivity contribution in [2.45, 2.75) is 45.5 Å². The third-order valence-corrected chi connectivity index (χ3v) is 11.8. The molecule has 0 atom stereocenters. The van der Waals surface area contributed by atoms with Crippen LogP contribution in [0, 0.1) is 27.7 Å². The van der Waals surface area contributed by atoms with E-state index >= 15 is 26.3 Å². The van der Waals surface area contributed by atoms with Gasteiger partial charge in [-0.3, -0.25) is 0 Å². The van der Waals surface area contributed by atoms with Gasteiger partial charge in [0.2, 0.25) is 0 Å². The van der Waals surface area contributed by atoms with Crippen molar-refractivity contribution in [3.63, 3.8) is 0 Å². The van der Waals surface area contributed by atoms with Gasteiger partial charge in [-0.25, -0.2) is 9.97 Å². The summed E-state index contributed by atoms with van der Waals surface area (Å²) >= 11 is 0. The lowest BCUT2D eigenvalue weighted by molar-refractivity contribution is -0.254. The lowest BCUT2D eigenvalue weighted by atomic mass is 9.95. The average Bonchev–Trinajstić information content (AvgIpc) is 4.08. The molecule has 3 aliphatic rings. The van der Waals surface area contributed by atoms with Crippen LogP contribution in [0.4, 0.5) is 26.3 Å². The summed E-state index contributed by atoms with van der Waals surface area (Å²) in [5.41, 5.74) is 5.45. The fraction of sp³-hybridized carbons (Fsp3) is 0.137. The van der Waals surface area contributed by atoms with Gasteiger partial charge < -0.3 is 9.97 Å². The fourth-order valence-electron chi connectivity index (χ4n) is 8.56. The number of aryl methyl sites for hydroxylation is 4. The molecule has 7 aromatic rings. The molecule has 0 saturated heterocycles. The van der Waals surface area contributed by atoms with E-state index in [9.17, 15) is 0 Å². The molecule has 0 spiro atoms. The summed E-state index contributed by atoms with van der Waals surface area (Å²) in [6, 6.07) is 36.0. The zero-order valence-corrected chi connectivity index (χ0v) is 33.4. The van der Waals surface area contributed by atoms with Gasteiger partial charge in [-0.15, -0.1) is 0 Å². The molecule has 10 heteroatoms. The van der Waals surface area contributed by atoms with Crippen LogP contribution in [-0.4, -0.2) is 37.7 Å². The predicted molar refractivity (Wildman–Crippen MR) is 232 cm³/mol.